The van der Waals surface area contributed by atoms with Gasteiger partial charge in [-0.3, -0.25) is 13.9 Å². The number of sulfonamides is 1. The van der Waals surface area contributed by atoms with E-state index in [1.807, 2.05) is 12.1 Å². The third-order valence-corrected chi connectivity index (χ3v) is 8.26. The summed E-state index contributed by atoms with van der Waals surface area (Å²) in [6.45, 7) is 7.09. The molecule has 1 N–H and O–H groups in total. The largest absolute Gasteiger partial charge is 0.352 e. The molecule has 208 valence electrons. The molecule has 1 aliphatic carbocycles. The Labute approximate surface area is 226 Å². The fourth-order valence-electron chi connectivity index (χ4n) is 4.70. The van der Waals surface area contributed by atoms with Gasteiger partial charge in [-0.1, -0.05) is 70.4 Å². The van der Waals surface area contributed by atoms with Gasteiger partial charge >= 0.3 is 0 Å². The lowest BCUT2D eigenvalue weighted by Gasteiger charge is -2.33. The van der Waals surface area contributed by atoms with Crippen molar-refractivity contribution < 1.29 is 22.4 Å². The number of nitrogens with zero attached hydrogens (tertiary/aromatic N) is 2. The van der Waals surface area contributed by atoms with E-state index in [2.05, 4.69) is 26.1 Å². The van der Waals surface area contributed by atoms with Crippen LogP contribution in [0.3, 0.4) is 0 Å². The summed E-state index contributed by atoms with van der Waals surface area (Å²) in [6.07, 6.45) is 6.01. The Kier molecular flexibility index (Phi) is 9.57. The third kappa shape index (κ3) is 7.79. The number of hydrogen-bond donors (Lipinski definition) is 1. The lowest BCUT2D eigenvalue weighted by atomic mass is 9.87. The van der Waals surface area contributed by atoms with E-state index < -0.39 is 34.3 Å². The van der Waals surface area contributed by atoms with Crippen molar-refractivity contribution in [3.63, 3.8) is 0 Å². The zero-order valence-electron chi connectivity index (χ0n) is 23.0. The molecule has 0 bridgehead atoms. The number of nitrogens with one attached hydrogen (secondary N) is 1. The van der Waals surface area contributed by atoms with Crippen molar-refractivity contribution in [1.29, 1.82) is 0 Å². The molecule has 1 aliphatic rings. The maximum absolute atomic E-state index is 14.6. The second kappa shape index (κ2) is 12.3. The monoisotopic (exact) mass is 545 g/mol. The quantitative estimate of drug-likeness (QED) is 0.493. The molecule has 0 unspecified atom stereocenters. The summed E-state index contributed by atoms with van der Waals surface area (Å²) in [5.41, 5.74) is 1.50. The van der Waals surface area contributed by atoms with Gasteiger partial charge in [-0.15, -0.1) is 0 Å². The molecule has 1 atom stereocenters. The van der Waals surface area contributed by atoms with E-state index in [-0.39, 0.29) is 29.5 Å². The standard InChI is InChI=1S/C29H40FN3O4S/c1-21(28(35)31-24-12-7-6-8-13-24)32(19-22-11-9-10-14-26(22)30)27(34)20-33(38(5,36)37)25-17-15-23(16-18-25)29(2,3)4/h9-11,14-18,21,24H,6-8,12-13,19-20H2,1-5H3,(H,31,35)/t21-/m1/s1. The van der Waals surface area contributed by atoms with Crippen LogP contribution in [0.5, 0.6) is 0 Å². The summed E-state index contributed by atoms with van der Waals surface area (Å²) >= 11 is 0. The lowest BCUT2D eigenvalue weighted by molar-refractivity contribution is -0.139. The first-order valence-electron chi connectivity index (χ1n) is 13.2. The summed E-state index contributed by atoms with van der Waals surface area (Å²) < 4.78 is 41.1. The van der Waals surface area contributed by atoms with Crippen LogP contribution < -0.4 is 9.62 Å². The van der Waals surface area contributed by atoms with E-state index >= 15 is 0 Å². The van der Waals surface area contributed by atoms with Crippen molar-refractivity contribution in [3.8, 4) is 0 Å². The van der Waals surface area contributed by atoms with Gasteiger partial charge in [-0.25, -0.2) is 12.8 Å². The Morgan fingerprint density at radius 1 is 1.03 bits per heavy atom. The molecule has 1 fully saturated rings. The Morgan fingerprint density at radius 2 is 1.63 bits per heavy atom. The van der Waals surface area contributed by atoms with Gasteiger partial charge in [0.05, 0.1) is 11.9 Å². The smallest absolute Gasteiger partial charge is 0.244 e. The highest BCUT2D eigenvalue weighted by molar-refractivity contribution is 7.92. The van der Waals surface area contributed by atoms with Crippen molar-refractivity contribution >= 4 is 27.5 Å². The van der Waals surface area contributed by atoms with E-state index in [0.29, 0.717) is 5.69 Å². The minimum atomic E-state index is -3.83. The fraction of sp³-hybridized carbons (Fsp3) is 0.517. The minimum Gasteiger partial charge on any atom is -0.352 e. The number of halogens is 1. The summed E-state index contributed by atoms with van der Waals surface area (Å²) in [4.78, 5) is 28.1. The molecule has 2 aromatic rings. The van der Waals surface area contributed by atoms with E-state index in [0.717, 1.165) is 48.2 Å². The SMILES string of the molecule is C[C@H](C(=O)NC1CCCCC1)N(Cc1ccccc1F)C(=O)CN(c1ccc(C(C)(C)C)cc1)S(C)(=O)=O. The summed E-state index contributed by atoms with van der Waals surface area (Å²) in [5, 5.41) is 3.03. The van der Waals surface area contributed by atoms with Crippen LogP contribution in [0.25, 0.3) is 0 Å². The van der Waals surface area contributed by atoms with Crippen molar-refractivity contribution in [2.24, 2.45) is 0 Å². The first kappa shape index (κ1) is 29.6. The van der Waals surface area contributed by atoms with Crippen LogP contribution in [0.2, 0.25) is 0 Å². The van der Waals surface area contributed by atoms with E-state index in [1.54, 1.807) is 37.3 Å². The summed E-state index contributed by atoms with van der Waals surface area (Å²) in [7, 11) is -3.83. The molecule has 0 aliphatic heterocycles. The first-order valence-corrected chi connectivity index (χ1v) is 15.0. The molecule has 7 nitrogen and oxygen atoms in total. The lowest BCUT2D eigenvalue weighted by Crippen LogP contribution is -2.53. The van der Waals surface area contributed by atoms with Crippen molar-refractivity contribution in [3.05, 3.63) is 65.5 Å². The van der Waals surface area contributed by atoms with Gasteiger partial charge in [0.1, 0.15) is 18.4 Å². The molecular weight excluding hydrogens is 505 g/mol. The Hall–Kier alpha value is -2.94. The second-order valence-corrected chi connectivity index (χ2v) is 13.1. The van der Waals surface area contributed by atoms with E-state index in [9.17, 15) is 22.4 Å². The van der Waals surface area contributed by atoms with E-state index in [4.69, 9.17) is 0 Å². The van der Waals surface area contributed by atoms with Gasteiger partial charge in [0.2, 0.25) is 21.8 Å². The Balaban J connectivity index is 1.89. The topological polar surface area (TPSA) is 86.8 Å². The zero-order chi connectivity index (χ0) is 28.1. The van der Waals surface area contributed by atoms with E-state index in [1.165, 1.54) is 11.0 Å². The molecule has 2 aromatic carbocycles. The minimum absolute atomic E-state index is 0.0398. The first-order chi connectivity index (χ1) is 17.8. The molecule has 0 spiro atoms. The molecule has 0 heterocycles. The van der Waals surface area contributed by atoms with Crippen molar-refractivity contribution in [2.45, 2.75) is 83.8 Å². The van der Waals surface area contributed by atoms with Crippen LogP contribution in [0.4, 0.5) is 10.1 Å². The van der Waals surface area contributed by atoms with Crippen molar-refractivity contribution in [2.75, 3.05) is 17.1 Å². The molecule has 0 aromatic heterocycles. The number of carbonyl (C=O) groups excluding carboxylic acids is 2. The summed E-state index contributed by atoms with van der Waals surface area (Å²) in [6, 6.07) is 12.2. The van der Waals surface area contributed by atoms with Crippen LogP contribution in [-0.2, 0) is 31.6 Å². The number of rotatable bonds is 9. The molecule has 3 rings (SSSR count). The zero-order valence-corrected chi connectivity index (χ0v) is 23.9. The van der Waals surface area contributed by atoms with Crippen LogP contribution in [0, 0.1) is 5.82 Å². The normalized spacial score (nSPS) is 15.5. The predicted octanol–water partition coefficient (Wildman–Crippen LogP) is 4.76. The molecule has 0 saturated heterocycles. The van der Waals surface area contributed by atoms with Crippen LogP contribution in [-0.4, -0.2) is 50.0 Å². The third-order valence-electron chi connectivity index (χ3n) is 7.12. The maximum Gasteiger partial charge on any atom is 0.244 e. The van der Waals surface area contributed by atoms with Crippen LogP contribution in [0.15, 0.2) is 48.5 Å². The van der Waals surface area contributed by atoms with Gasteiger partial charge in [-0.05, 0) is 48.9 Å². The summed E-state index contributed by atoms with van der Waals surface area (Å²) in [5.74, 6) is -1.42. The van der Waals surface area contributed by atoms with Crippen LogP contribution >= 0.6 is 0 Å². The van der Waals surface area contributed by atoms with Crippen LogP contribution in [0.1, 0.15) is 70.9 Å². The highest BCUT2D eigenvalue weighted by atomic mass is 32.2. The number of anilines is 1. The fourth-order valence-corrected chi connectivity index (χ4v) is 5.55. The molecule has 1 saturated carbocycles. The number of carbonyl (C=O) groups is 2. The second-order valence-electron chi connectivity index (χ2n) is 11.2. The molecule has 0 radical (unpaired) electrons. The molecule has 9 heteroatoms. The number of hydrogen-bond acceptors (Lipinski definition) is 4. The Morgan fingerprint density at radius 3 is 2.18 bits per heavy atom. The molecule has 2 amide bonds. The van der Waals surface area contributed by atoms with Gasteiger partial charge in [0.15, 0.2) is 0 Å². The Bertz CT molecular complexity index is 1220. The van der Waals surface area contributed by atoms with Gasteiger partial charge in [-0.2, -0.15) is 0 Å². The number of amides is 2. The van der Waals surface area contributed by atoms with Gasteiger partial charge in [0.25, 0.3) is 0 Å². The molecule has 38 heavy (non-hydrogen) atoms. The highest BCUT2D eigenvalue weighted by Crippen LogP contribution is 2.26. The average Bonchev–Trinajstić information content (AvgIpc) is 2.85. The van der Waals surface area contributed by atoms with Crippen molar-refractivity contribution in [1.82, 2.24) is 10.2 Å². The highest BCUT2D eigenvalue weighted by Gasteiger charge is 2.31. The molecular formula is C29H40FN3O4S. The number of benzene rings is 2. The van der Waals surface area contributed by atoms with Gasteiger partial charge in [0, 0.05) is 18.2 Å². The van der Waals surface area contributed by atoms with Gasteiger partial charge < -0.3 is 10.2 Å². The predicted molar refractivity (Wildman–Crippen MR) is 149 cm³/mol. The maximum atomic E-state index is 14.6. The average molecular weight is 546 g/mol.